The van der Waals surface area contributed by atoms with Crippen LogP contribution in [-0.4, -0.2) is 33.6 Å². The predicted octanol–water partition coefficient (Wildman–Crippen LogP) is 2.99. The molecule has 7 nitrogen and oxygen atoms in total. The molecule has 0 spiro atoms. The first kappa shape index (κ1) is 19.4. The third-order valence-electron chi connectivity index (χ3n) is 3.42. The predicted molar refractivity (Wildman–Crippen MR) is 101 cm³/mol. The van der Waals surface area contributed by atoms with Crippen LogP contribution in [-0.2, 0) is 10.2 Å². The maximum Gasteiger partial charge on any atom is 0.234 e. The fourth-order valence-corrected chi connectivity index (χ4v) is 2.94. The van der Waals surface area contributed by atoms with Crippen molar-refractivity contribution in [3.8, 4) is 5.75 Å². The van der Waals surface area contributed by atoms with Crippen molar-refractivity contribution in [1.29, 1.82) is 0 Å². The SMILES string of the molecule is COc1cc(Cl)c(C)cc1NC(=O)CSc1nnc(C(C)(C)C)n1N. The molecule has 0 bridgehead atoms. The maximum absolute atomic E-state index is 12.2. The zero-order chi connectivity index (χ0) is 18.8. The number of hydrogen-bond acceptors (Lipinski definition) is 6. The summed E-state index contributed by atoms with van der Waals surface area (Å²) in [6.45, 7) is 7.85. The summed E-state index contributed by atoms with van der Waals surface area (Å²) in [4.78, 5) is 12.2. The lowest BCUT2D eigenvalue weighted by Gasteiger charge is -2.16. The number of ether oxygens (including phenoxy) is 1. The average Bonchev–Trinajstić information content (AvgIpc) is 2.89. The van der Waals surface area contributed by atoms with E-state index in [1.165, 1.54) is 23.5 Å². The number of thioether (sulfide) groups is 1. The summed E-state index contributed by atoms with van der Waals surface area (Å²) in [6.07, 6.45) is 0. The number of methoxy groups -OCH3 is 1. The number of nitrogen functional groups attached to an aromatic ring is 1. The number of nitrogens with two attached hydrogens (primary N) is 1. The molecule has 0 saturated heterocycles. The van der Waals surface area contributed by atoms with Crippen LogP contribution in [0.5, 0.6) is 5.75 Å². The van der Waals surface area contributed by atoms with Crippen LogP contribution >= 0.6 is 23.4 Å². The smallest absolute Gasteiger partial charge is 0.234 e. The van der Waals surface area contributed by atoms with E-state index in [-0.39, 0.29) is 17.1 Å². The molecule has 0 radical (unpaired) electrons. The van der Waals surface area contributed by atoms with E-state index in [1.54, 1.807) is 12.1 Å². The number of anilines is 1. The molecule has 1 amide bonds. The standard InChI is InChI=1S/C16H22ClN5O2S/c1-9-6-11(12(24-5)7-10(9)17)19-13(23)8-25-15-21-20-14(22(15)18)16(2,3)4/h6-7H,8,18H2,1-5H3,(H,19,23). The van der Waals surface area contributed by atoms with Crippen LogP contribution < -0.4 is 15.9 Å². The zero-order valence-corrected chi connectivity index (χ0v) is 16.5. The number of nitrogens with zero attached hydrogens (tertiary/aromatic N) is 3. The molecule has 3 N–H and O–H groups in total. The molecule has 1 heterocycles. The lowest BCUT2D eigenvalue weighted by atomic mass is 9.96. The number of nitrogens with one attached hydrogen (secondary N) is 1. The van der Waals surface area contributed by atoms with Crippen LogP contribution in [0.15, 0.2) is 17.3 Å². The van der Waals surface area contributed by atoms with Gasteiger partial charge >= 0.3 is 0 Å². The van der Waals surface area contributed by atoms with Crippen molar-refractivity contribution in [3.63, 3.8) is 0 Å². The van der Waals surface area contributed by atoms with E-state index in [9.17, 15) is 4.79 Å². The van der Waals surface area contributed by atoms with Crippen LogP contribution in [0.1, 0.15) is 32.2 Å². The molecular weight excluding hydrogens is 362 g/mol. The molecule has 1 aromatic heterocycles. The minimum atomic E-state index is -0.225. The molecule has 0 aliphatic rings. The van der Waals surface area contributed by atoms with Gasteiger partial charge in [0.25, 0.3) is 0 Å². The normalized spacial score (nSPS) is 11.4. The maximum atomic E-state index is 12.2. The van der Waals surface area contributed by atoms with Crippen molar-refractivity contribution in [2.45, 2.75) is 38.3 Å². The van der Waals surface area contributed by atoms with E-state index in [2.05, 4.69) is 15.5 Å². The Morgan fingerprint density at radius 2 is 2.08 bits per heavy atom. The molecule has 0 fully saturated rings. The summed E-state index contributed by atoms with van der Waals surface area (Å²) in [5, 5.41) is 12.0. The van der Waals surface area contributed by atoms with E-state index in [4.69, 9.17) is 22.2 Å². The van der Waals surface area contributed by atoms with Crippen LogP contribution in [0.25, 0.3) is 0 Å². The van der Waals surface area contributed by atoms with Gasteiger partial charge < -0.3 is 15.9 Å². The van der Waals surface area contributed by atoms with Gasteiger partial charge in [0.2, 0.25) is 11.1 Å². The second-order valence-corrected chi connectivity index (χ2v) is 7.91. The highest BCUT2D eigenvalue weighted by Gasteiger charge is 2.23. The Morgan fingerprint density at radius 3 is 2.64 bits per heavy atom. The third kappa shape index (κ3) is 4.58. The van der Waals surface area contributed by atoms with E-state index in [0.717, 1.165) is 5.56 Å². The Bertz CT molecular complexity index is 786. The van der Waals surface area contributed by atoms with Gasteiger partial charge in [-0.25, -0.2) is 4.68 Å². The number of carbonyl (C=O) groups excluding carboxylic acids is 1. The third-order valence-corrected chi connectivity index (χ3v) is 4.77. The lowest BCUT2D eigenvalue weighted by molar-refractivity contribution is -0.113. The second-order valence-electron chi connectivity index (χ2n) is 6.56. The number of aromatic nitrogens is 3. The largest absolute Gasteiger partial charge is 0.495 e. The quantitative estimate of drug-likeness (QED) is 0.608. The topological polar surface area (TPSA) is 95.1 Å². The number of benzene rings is 1. The first-order valence-electron chi connectivity index (χ1n) is 7.61. The van der Waals surface area contributed by atoms with Gasteiger partial charge in [0.15, 0.2) is 5.82 Å². The van der Waals surface area contributed by atoms with Gasteiger partial charge in [0.05, 0.1) is 18.6 Å². The van der Waals surface area contributed by atoms with Crippen molar-refractivity contribution in [1.82, 2.24) is 14.9 Å². The number of aryl methyl sites for hydroxylation is 1. The second kappa shape index (κ2) is 7.53. The number of rotatable bonds is 5. The summed E-state index contributed by atoms with van der Waals surface area (Å²) in [5.41, 5.74) is 1.19. The van der Waals surface area contributed by atoms with E-state index < -0.39 is 0 Å². The molecular formula is C16H22ClN5O2S. The molecule has 25 heavy (non-hydrogen) atoms. The van der Waals surface area contributed by atoms with Gasteiger partial charge in [0.1, 0.15) is 5.75 Å². The summed E-state index contributed by atoms with van der Waals surface area (Å²) in [5.74, 6) is 7.12. The summed E-state index contributed by atoms with van der Waals surface area (Å²) in [7, 11) is 1.52. The monoisotopic (exact) mass is 383 g/mol. The summed E-state index contributed by atoms with van der Waals surface area (Å²) >= 11 is 7.29. The summed E-state index contributed by atoms with van der Waals surface area (Å²) < 4.78 is 6.67. The van der Waals surface area contributed by atoms with Gasteiger partial charge in [-0.3, -0.25) is 4.79 Å². The van der Waals surface area contributed by atoms with Crippen molar-refractivity contribution in [2.24, 2.45) is 0 Å². The van der Waals surface area contributed by atoms with Crippen molar-refractivity contribution < 1.29 is 9.53 Å². The number of halogens is 1. The van der Waals surface area contributed by atoms with Crippen LogP contribution in [0, 0.1) is 6.92 Å². The molecule has 1 aromatic carbocycles. The van der Waals surface area contributed by atoms with Crippen LogP contribution in [0.2, 0.25) is 5.02 Å². The zero-order valence-electron chi connectivity index (χ0n) is 14.9. The first-order valence-corrected chi connectivity index (χ1v) is 8.97. The minimum absolute atomic E-state index is 0.143. The molecule has 0 unspecified atom stereocenters. The molecule has 136 valence electrons. The molecule has 9 heteroatoms. The van der Waals surface area contributed by atoms with Gasteiger partial charge in [-0.05, 0) is 18.6 Å². The van der Waals surface area contributed by atoms with Crippen LogP contribution in [0.4, 0.5) is 5.69 Å². The highest BCUT2D eigenvalue weighted by molar-refractivity contribution is 7.99. The number of amides is 1. The fraction of sp³-hybridized carbons (Fsp3) is 0.438. The molecule has 0 saturated carbocycles. The summed E-state index contributed by atoms with van der Waals surface area (Å²) in [6, 6.07) is 3.44. The van der Waals surface area contributed by atoms with Gasteiger partial charge in [-0.2, -0.15) is 0 Å². The number of hydrogen-bond donors (Lipinski definition) is 2. The number of carbonyl (C=O) groups is 1. The van der Waals surface area contributed by atoms with Crippen molar-refractivity contribution >= 4 is 35.0 Å². The van der Waals surface area contributed by atoms with Crippen LogP contribution in [0.3, 0.4) is 0 Å². The van der Waals surface area contributed by atoms with E-state index >= 15 is 0 Å². The Hall–Kier alpha value is -1.93. The van der Waals surface area contributed by atoms with Gasteiger partial charge in [-0.15, -0.1) is 10.2 Å². The fourth-order valence-electron chi connectivity index (χ4n) is 2.13. The highest BCUT2D eigenvalue weighted by atomic mass is 35.5. The molecule has 0 atom stereocenters. The minimum Gasteiger partial charge on any atom is -0.495 e. The first-order chi connectivity index (χ1) is 11.6. The van der Waals surface area contributed by atoms with Crippen molar-refractivity contribution in [2.75, 3.05) is 24.0 Å². The Kier molecular flexibility index (Phi) is 5.84. The Morgan fingerprint density at radius 1 is 1.40 bits per heavy atom. The highest BCUT2D eigenvalue weighted by Crippen LogP contribution is 2.31. The Labute approximate surface area is 156 Å². The van der Waals surface area contributed by atoms with Gasteiger partial charge in [0, 0.05) is 16.5 Å². The average molecular weight is 384 g/mol. The molecule has 0 aliphatic carbocycles. The lowest BCUT2D eigenvalue weighted by Crippen LogP contribution is -2.24. The molecule has 2 aromatic rings. The molecule has 0 aliphatic heterocycles. The van der Waals surface area contributed by atoms with E-state index in [1.807, 2.05) is 27.7 Å². The Balaban J connectivity index is 2.05. The van der Waals surface area contributed by atoms with Crippen molar-refractivity contribution in [3.05, 3.63) is 28.5 Å². The molecule has 2 rings (SSSR count). The van der Waals surface area contributed by atoms with E-state index in [0.29, 0.717) is 27.4 Å². The van der Waals surface area contributed by atoms with Gasteiger partial charge in [-0.1, -0.05) is 44.1 Å².